The summed E-state index contributed by atoms with van der Waals surface area (Å²) in [5.74, 6) is -0.877. The topological polar surface area (TPSA) is 78.9 Å². The molecule has 0 aromatic heterocycles. The Labute approximate surface area is 460 Å². The van der Waals surface area contributed by atoms with Gasteiger partial charge in [-0.2, -0.15) is 0 Å². The van der Waals surface area contributed by atoms with Crippen molar-refractivity contribution < 1.29 is 28.6 Å². The Morgan fingerprint density at radius 2 is 0.514 bits per heavy atom. The zero-order valence-electron chi connectivity index (χ0n) is 49.4. The summed E-state index contributed by atoms with van der Waals surface area (Å²) in [7, 11) is 0. The van der Waals surface area contributed by atoms with Crippen molar-refractivity contribution in [1.82, 2.24) is 0 Å². The first-order valence-corrected chi connectivity index (χ1v) is 32.3. The van der Waals surface area contributed by atoms with E-state index in [0.717, 1.165) is 83.5 Å². The average molecular weight is 1040 g/mol. The fraction of sp³-hybridized carbons (Fsp3) is 0.809. The van der Waals surface area contributed by atoms with E-state index < -0.39 is 6.10 Å². The van der Waals surface area contributed by atoms with Gasteiger partial charge in [0.2, 0.25) is 0 Å². The van der Waals surface area contributed by atoms with E-state index in [-0.39, 0.29) is 31.1 Å². The van der Waals surface area contributed by atoms with Crippen LogP contribution in [-0.4, -0.2) is 37.2 Å². The number of hydrogen-bond acceptors (Lipinski definition) is 6. The first-order chi connectivity index (χ1) is 36.5. The van der Waals surface area contributed by atoms with Crippen LogP contribution >= 0.6 is 0 Å². The number of esters is 3. The molecule has 430 valence electrons. The fourth-order valence-electron chi connectivity index (χ4n) is 9.33. The number of rotatable bonds is 59. The number of hydrogen-bond donors (Lipinski definition) is 0. The summed E-state index contributed by atoms with van der Waals surface area (Å²) in [6.45, 7) is 6.59. The van der Waals surface area contributed by atoms with Crippen molar-refractivity contribution in [1.29, 1.82) is 0 Å². The maximum absolute atomic E-state index is 12.9. The molecule has 1 atom stereocenters. The lowest BCUT2D eigenvalue weighted by Crippen LogP contribution is -2.30. The van der Waals surface area contributed by atoms with E-state index in [1.165, 1.54) is 212 Å². The van der Waals surface area contributed by atoms with Crippen LogP contribution in [0.5, 0.6) is 0 Å². The van der Waals surface area contributed by atoms with E-state index in [0.29, 0.717) is 19.3 Å². The monoisotopic (exact) mass is 1030 g/mol. The molecule has 0 bridgehead atoms. The molecule has 0 aliphatic rings. The minimum atomic E-state index is -0.779. The molecular formula is C68H122O6. The maximum Gasteiger partial charge on any atom is 0.306 e. The van der Waals surface area contributed by atoms with E-state index in [1.54, 1.807) is 0 Å². The molecule has 74 heavy (non-hydrogen) atoms. The normalized spacial score (nSPS) is 12.4. The molecule has 6 heteroatoms. The molecule has 0 heterocycles. The lowest BCUT2D eigenvalue weighted by molar-refractivity contribution is -0.167. The molecule has 1 unspecified atom stereocenters. The van der Waals surface area contributed by atoms with Crippen LogP contribution in [-0.2, 0) is 28.6 Å². The summed E-state index contributed by atoms with van der Waals surface area (Å²) in [6.07, 6.45) is 79.5. The highest BCUT2D eigenvalue weighted by Gasteiger charge is 2.19. The zero-order chi connectivity index (χ0) is 53.6. The van der Waals surface area contributed by atoms with Crippen molar-refractivity contribution in [2.24, 2.45) is 0 Å². The molecule has 0 saturated heterocycles. The van der Waals surface area contributed by atoms with Gasteiger partial charge >= 0.3 is 17.9 Å². The highest BCUT2D eigenvalue weighted by atomic mass is 16.6. The number of ether oxygens (including phenoxy) is 3. The van der Waals surface area contributed by atoms with Gasteiger partial charge in [0, 0.05) is 19.3 Å². The van der Waals surface area contributed by atoms with Gasteiger partial charge < -0.3 is 14.2 Å². The highest BCUT2D eigenvalue weighted by Crippen LogP contribution is 2.17. The molecule has 0 spiro atoms. The molecule has 0 aromatic rings. The second-order valence-electron chi connectivity index (χ2n) is 21.7. The Morgan fingerprint density at radius 1 is 0.270 bits per heavy atom. The molecular weight excluding hydrogens is 913 g/mol. The van der Waals surface area contributed by atoms with Gasteiger partial charge in [0.25, 0.3) is 0 Å². The van der Waals surface area contributed by atoms with Crippen LogP contribution in [0.2, 0.25) is 0 Å². The van der Waals surface area contributed by atoms with Gasteiger partial charge in [-0.1, -0.05) is 274 Å². The van der Waals surface area contributed by atoms with Crippen LogP contribution in [0.25, 0.3) is 0 Å². The third-order valence-corrected chi connectivity index (χ3v) is 14.2. The molecule has 0 amide bonds. The lowest BCUT2D eigenvalue weighted by atomic mass is 10.0. The van der Waals surface area contributed by atoms with Crippen molar-refractivity contribution in [3.63, 3.8) is 0 Å². The van der Waals surface area contributed by atoms with Crippen molar-refractivity contribution in [3.05, 3.63) is 60.8 Å². The van der Waals surface area contributed by atoms with Crippen LogP contribution < -0.4 is 0 Å². The Hall–Kier alpha value is -2.89. The van der Waals surface area contributed by atoms with Crippen LogP contribution in [0.15, 0.2) is 60.8 Å². The van der Waals surface area contributed by atoms with Crippen molar-refractivity contribution in [2.45, 2.75) is 341 Å². The van der Waals surface area contributed by atoms with Crippen molar-refractivity contribution in [3.8, 4) is 0 Å². The first kappa shape index (κ1) is 71.1. The van der Waals surface area contributed by atoms with E-state index in [4.69, 9.17) is 14.2 Å². The van der Waals surface area contributed by atoms with Gasteiger partial charge in [-0.15, -0.1) is 0 Å². The predicted octanol–water partition coefficient (Wildman–Crippen LogP) is 21.9. The van der Waals surface area contributed by atoms with Crippen LogP contribution in [0.4, 0.5) is 0 Å². The number of carbonyl (C=O) groups excluding carboxylic acids is 3. The standard InChI is InChI=1S/C68H122O6/c1-4-7-10-13-16-19-22-24-26-28-30-31-32-33-34-35-36-37-39-40-42-44-46-49-52-55-58-61-67(70)73-64-65(63-72-66(69)60-57-54-51-48-21-18-15-12-9-6-3)74-68(71)62-59-56-53-50-47-45-43-41-38-29-27-25-23-20-17-14-11-8-5-2/h12,15,22,24-25,27-28,30,32-33,65H,4-11,13-14,16-21,23,26,29,31,34-64H2,1-3H3/b15-12-,24-22-,27-25-,30-28-,33-32-. The quantitative estimate of drug-likeness (QED) is 0.0261. The number of allylic oxidation sites excluding steroid dienone is 10. The van der Waals surface area contributed by atoms with Crippen molar-refractivity contribution >= 4 is 17.9 Å². The van der Waals surface area contributed by atoms with Crippen LogP contribution in [0.3, 0.4) is 0 Å². The average Bonchev–Trinajstić information content (AvgIpc) is 3.40. The Balaban J connectivity index is 4.20. The smallest absolute Gasteiger partial charge is 0.306 e. The third kappa shape index (κ3) is 60.0. The fourth-order valence-corrected chi connectivity index (χ4v) is 9.33. The molecule has 0 aliphatic carbocycles. The van der Waals surface area contributed by atoms with Gasteiger partial charge in [0.15, 0.2) is 6.10 Å². The Morgan fingerprint density at radius 3 is 0.824 bits per heavy atom. The summed E-state index contributed by atoms with van der Waals surface area (Å²) in [5.41, 5.74) is 0. The van der Waals surface area contributed by atoms with E-state index in [9.17, 15) is 14.4 Å². The van der Waals surface area contributed by atoms with E-state index >= 15 is 0 Å². The highest BCUT2D eigenvalue weighted by molar-refractivity contribution is 5.71. The SMILES string of the molecule is CCC/C=C\CCCCCCCC(=O)OCC(COC(=O)CCCCCCCCCCCCCC/C=C\C/C=C\C/C=C\CCCCCCC)OC(=O)CCCCCCCCCCC/C=C\CCCCCCCC. The maximum atomic E-state index is 12.9. The molecule has 0 fully saturated rings. The molecule has 0 radical (unpaired) electrons. The zero-order valence-corrected chi connectivity index (χ0v) is 49.4. The molecule has 0 rings (SSSR count). The lowest BCUT2D eigenvalue weighted by Gasteiger charge is -2.18. The van der Waals surface area contributed by atoms with Gasteiger partial charge in [-0.25, -0.2) is 0 Å². The third-order valence-electron chi connectivity index (χ3n) is 14.2. The number of unbranched alkanes of at least 4 members (excludes halogenated alkanes) is 38. The minimum Gasteiger partial charge on any atom is -0.462 e. The van der Waals surface area contributed by atoms with Gasteiger partial charge in [-0.3, -0.25) is 14.4 Å². The first-order valence-electron chi connectivity index (χ1n) is 32.3. The van der Waals surface area contributed by atoms with Crippen molar-refractivity contribution in [2.75, 3.05) is 13.2 Å². The summed E-state index contributed by atoms with van der Waals surface area (Å²) in [4.78, 5) is 38.2. The predicted molar refractivity (Wildman–Crippen MR) is 321 cm³/mol. The van der Waals surface area contributed by atoms with E-state index in [2.05, 4.69) is 81.5 Å². The molecule has 6 nitrogen and oxygen atoms in total. The summed E-state index contributed by atoms with van der Waals surface area (Å²) < 4.78 is 16.9. The Kier molecular flexibility index (Phi) is 60.2. The summed E-state index contributed by atoms with van der Waals surface area (Å²) in [6, 6.07) is 0. The van der Waals surface area contributed by atoms with Crippen LogP contribution in [0, 0.1) is 0 Å². The summed E-state index contributed by atoms with van der Waals surface area (Å²) in [5, 5.41) is 0. The molecule has 0 saturated carbocycles. The van der Waals surface area contributed by atoms with Gasteiger partial charge in [-0.05, 0) is 103 Å². The Bertz CT molecular complexity index is 1330. The number of carbonyl (C=O) groups is 3. The van der Waals surface area contributed by atoms with E-state index in [1.807, 2.05) is 0 Å². The molecule has 0 aromatic carbocycles. The van der Waals surface area contributed by atoms with Gasteiger partial charge in [0.1, 0.15) is 13.2 Å². The second kappa shape index (κ2) is 62.6. The summed E-state index contributed by atoms with van der Waals surface area (Å²) >= 11 is 0. The van der Waals surface area contributed by atoms with Gasteiger partial charge in [0.05, 0.1) is 0 Å². The minimum absolute atomic E-state index is 0.0767. The molecule has 0 aliphatic heterocycles. The second-order valence-corrected chi connectivity index (χ2v) is 21.7. The molecule has 0 N–H and O–H groups in total. The largest absolute Gasteiger partial charge is 0.462 e. The van der Waals surface area contributed by atoms with Crippen LogP contribution in [0.1, 0.15) is 335 Å².